The number of aliphatic hydroxyl groups excluding tert-OH is 1. The summed E-state index contributed by atoms with van der Waals surface area (Å²) >= 11 is 0. The summed E-state index contributed by atoms with van der Waals surface area (Å²) in [4.78, 5) is 48.4. The molecular weight excluding hydrogens is 895 g/mol. The number of aromatic hydroxyl groups is 2. The van der Waals surface area contributed by atoms with Crippen LogP contribution in [0.25, 0.3) is 33.6 Å². The summed E-state index contributed by atoms with van der Waals surface area (Å²) in [5.41, 5.74) is 13.5. The number of carboxylic acid groups (broad SMARTS) is 2. The Morgan fingerprint density at radius 2 is 0.900 bits per heavy atom. The average Bonchev–Trinajstić information content (AvgIpc) is 3.80. The van der Waals surface area contributed by atoms with Gasteiger partial charge < -0.3 is 31.3 Å². The first kappa shape index (κ1) is 50.4. The molecule has 18 heteroatoms. The number of phenolic OH excluding ortho intramolecular Hbond substituents is 2. The summed E-state index contributed by atoms with van der Waals surface area (Å²) in [6, 6.07) is 33.7. The zero-order chi connectivity index (χ0) is 50.8. The van der Waals surface area contributed by atoms with Gasteiger partial charge in [-0.05, 0) is 136 Å². The lowest BCUT2D eigenvalue weighted by atomic mass is 10.0. The molecule has 2 heterocycles. The number of carboxylic acids is 2. The highest BCUT2D eigenvalue weighted by molar-refractivity contribution is 5.91. The zero-order valence-corrected chi connectivity index (χ0v) is 39.1. The van der Waals surface area contributed by atoms with Crippen LogP contribution in [0.2, 0.25) is 0 Å². The van der Waals surface area contributed by atoms with Gasteiger partial charge in [-0.2, -0.15) is 0 Å². The van der Waals surface area contributed by atoms with Gasteiger partial charge in [-0.3, -0.25) is 19.8 Å². The number of para-hydroxylation sites is 2. The minimum absolute atomic E-state index is 0.0972. The summed E-state index contributed by atoms with van der Waals surface area (Å²) in [7, 11) is 0. The third-order valence-corrected chi connectivity index (χ3v) is 11.1. The van der Waals surface area contributed by atoms with E-state index in [1.165, 1.54) is 33.6 Å². The summed E-state index contributed by atoms with van der Waals surface area (Å²) in [5, 5.41) is 70.1. The maximum Gasteiger partial charge on any atom is 0.335 e. The van der Waals surface area contributed by atoms with E-state index in [-0.39, 0.29) is 63.1 Å². The van der Waals surface area contributed by atoms with Crippen LogP contribution >= 0.6 is 0 Å². The van der Waals surface area contributed by atoms with E-state index in [4.69, 9.17) is 10.8 Å². The first-order valence-corrected chi connectivity index (χ1v) is 21.7. The Morgan fingerprint density at radius 1 is 0.529 bits per heavy atom. The molecule has 0 aliphatic heterocycles. The second-order valence-corrected chi connectivity index (χ2v) is 16.0. The Kier molecular flexibility index (Phi) is 16.0. The number of aromatic carboxylic acids is 2. The van der Waals surface area contributed by atoms with Gasteiger partial charge in [0.05, 0.1) is 40.5 Å². The van der Waals surface area contributed by atoms with Gasteiger partial charge in [0.1, 0.15) is 11.4 Å². The number of aromatic amines is 2. The largest absolute Gasteiger partial charge is 0.505 e. The van der Waals surface area contributed by atoms with E-state index in [9.17, 15) is 39.6 Å². The van der Waals surface area contributed by atoms with Crippen molar-refractivity contribution in [2.75, 3.05) is 13.2 Å². The Morgan fingerprint density at radius 3 is 1.24 bits per heavy atom. The highest BCUT2D eigenvalue weighted by atomic mass is 16.4. The molecule has 0 fully saturated rings. The van der Waals surface area contributed by atoms with Crippen molar-refractivity contribution < 1.29 is 35.1 Å². The minimum Gasteiger partial charge on any atom is -0.505 e. The Hall–Kier alpha value is -9.00. The van der Waals surface area contributed by atoms with Gasteiger partial charge in [-0.25, -0.2) is 19.0 Å². The predicted molar refractivity (Wildman–Crippen MR) is 267 cm³/mol. The van der Waals surface area contributed by atoms with Crippen molar-refractivity contribution in [2.45, 2.75) is 41.5 Å². The molecule has 0 amide bonds. The van der Waals surface area contributed by atoms with E-state index in [1.54, 1.807) is 74.5 Å². The van der Waals surface area contributed by atoms with Gasteiger partial charge in [0.25, 0.3) is 11.1 Å². The molecule has 0 aliphatic rings. The molecule has 0 bridgehead atoms. The molecule has 0 saturated heterocycles. The molecular formula is C52H51N9O9. The number of nitrogens with two attached hydrogens (primary N) is 1. The fraction of sp³-hybridized carbons (Fsp3) is 0.154. The number of azo groups is 2. The van der Waals surface area contributed by atoms with Crippen LogP contribution in [0.15, 0.2) is 151 Å². The number of carbonyl (C=O) groups is 2. The highest BCUT2D eigenvalue weighted by Crippen LogP contribution is 2.39. The monoisotopic (exact) mass is 945 g/mol. The number of aromatic nitrogens is 4. The molecule has 70 heavy (non-hydrogen) atoms. The number of hydrogen-bond acceptors (Lipinski definition) is 12. The van der Waals surface area contributed by atoms with Gasteiger partial charge in [-0.15, -0.1) is 20.5 Å². The lowest BCUT2D eigenvalue weighted by Crippen LogP contribution is -2.14. The number of nitrogens with zero attached hydrogens (tertiary/aromatic N) is 6. The standard InChI is InChI=1S/2C25H22N4O4.C2H7NO/c2*1-14-10-11-19(12-15(14)2)29-24(31)22(16(3)28-29)27-26-21-9-5-8-20(23(21)30)17-6-4-7-18(13-17)25(32)33;3-1-2-4/h2*4-13,28,30H,1-3H3,(H,32,33);4H,1-3H2. The summed E-state index contributed by atoms with van der Waals surface area (Å²) in [6.07, 6.45) is 0. The topological polar surface area (TPSA) is 286 Å². The molecule has 9 N–H and O–H groups in total. The van der Waals surface area contributed by atoms with E-state index in [0.29, 0.717) is 51.6 Å². The van der Waals surface area contributed by atoms with Gasteiger partial charge >= 0.3 is 11.9 Å². The fourth-order valence-electron chi connectivity index (χ4n) is 6.94. The smallest absolute Gasteiger partial charge is 0.335 e. The van der Waals surface area contributed by atoms with Crippen LogP contribution in [0.5, 0.6) is 11.5 Å². The van der Waals surface area contributed by atoms with Gasteiger partial charge in [-0.1, -0.05) is 60.7 Å². The third kappa shape index (κ3) is 11.4. The van der Waals surface area contributed by atoms with Crippen molar-refractivity contribution in [3.63, 3.8) is 0 Å². The minimum atomic E-state index is -1.06. The molecule has 0 aliphatic carbocycles. The SMILES string of the molecule is Cc1ccc(-n2[nH]c(C)c(N=Nc3cccc(-c4cccc(C(=O)O)c4)c3O)c2=O)cc1C.Cc1ccc(-n2[nH]c(C)c(N=Nc3cccc(-c4cccc(C(=O)O)c4)c3O)c2=O)cc1C.NCCO. The summed E-state index contributed by atoms with van der Waals surface area (Å²) < 4.78 is 2.81. The van der Waals surface area contributed by atoms with Crippen LogP contribution in [0.1, 0.15) is 54.4 Å². The second-order valence-electron chi connectivity index (χ2n) is 16.0. The average molecular weight is 946 g/mol. The normalized spacial score (nSPS) is 11.0. The molecule has 358 valence electrons. The number of benzene rings is 6. The second kappa shape index (κ2) is 22.2. The van der Waals surface area contributed by atoms with Crippen LogP contribution in [-0.4, -0.2) is 70.2 Å². The van der Waals surface area contributed by atoms with E-state index in [2.05, 4.69) is 30.7 Å². The van der Waals surface area contributed by atoms with E-state index >= 15 is 0 Å². The van der Waals surface area contributed by atoms with Crippen molar-refractivity contribution in [3.8, 4) is 45.1 Å². The van der Waals surface area contributed by atoms with Gasteiger partial charge in [0.15, 0.2) is 22.9 Å². The summed E-state index contributed by atoms with van der Waals surface area (Å²) in [6.45, 7) is 11.9. The Bertz CT molecular complexity index is 3190. The summed E-state index contributed by atoms with van der Waals surface area (Å²) in [5.74, 6) is -2.44. The molecule has 0 atom stereocenters. The zero-order valence-electron chi connectivity index (χ0n) is 39.1. The predicted octanol–water partition coefficient (Wildman–Crippen LogP) is 10.1. The van der Waals surface area contributed by atoms with Crippen molar-refractivity contribution in [1.29, 1.82) is 0 Å². The highest BCUT2D eigenvalue weighted by Gasteiger charge is 2.17. The van der Waals surface area contributed by atoms with Crippen molar-refractivity contribution in [1.82, 2.24) is 19.6 Å². The van der Waals surface area contributed by atoms with E-state index < -0.39 is 11.9 Å². The Labute approximate surface area is 401 Å². The molecule has 18 nitrogen and oxygen atoms in total. The molecule has 8 aromatic rings. The van der Waals surface area contributed by atoms with Crippen LogP contribution in [0, 0.1) is 41.5 Å². The quantitative estimate of drug-likeness (QED) is 0.0568. The number of nitrogens with one attached hydrogen (secondary N) is 2. The first-order chi connectivity index (χ1) is 33.4. The van der Waals surface area contributed by atoms with Crippen LogP contribution < -0.4 is 16.9 Å². The van der Waals surface area contributed by atoms with Crippen molar-refractivity contribution >= 4 is 34.7 Å². The van der Waals surface area contributed by atoms with Crippen molar-refractivity contribution in [2.24, 2.45) is 26.2 Å². The number of hydrogen-bond donors (Lipinski definition) is 8. The van der Waals surface area contributed by atoms with Crippen molar-refractivity contribution in [3.05, 3.63) is 187 Å². The molecule has 0 unspecified atom stereocenters. The lowest BCUT2D eigenvalue weighted by molar-refractivity contribution is 0.0686. The maximum absolute atomic E-state index is 12.9. The van der Waals surface area contributed by atoms with Gasteiger partial charge in [0.2, 0.25) is 0 Å². The van der Waals surface area contributed by atoms with Crippen LogP contribution in [0.3, 0.4) is 0 Å². The number of aryl methyl sites for hydroxylation is 6. The molecule has 2 aromatic heterocycles. The van der Waals surface area contributed by atoms with Crippen LogP contribution in [0.4, 0.5) is 22.7 Å². The number of aliphatic hydroxyl groups is 1. The van der Waals surface area contributed by atoms with E-state index in [0.717, 1.165) is 22.3 Å². The number of phenols is 2. The fourth-order valence-corrected chi connectivity index (χ4v) is 6.94. The third-order valence-electron chi connectivity index (χ3n) is 11.1. The molecule has 8 rings (SSSR count). The number of H-pyrrole nitrogens is 2. The van der Waals surface area contributed by atoms with E-state index in [1.807, 2.05) is 64.1 Å². The van der Waals surface area contributed by atoms with Crippen LogP contribution in [-0.2, 0) is 0 Å². The number of rotatable bonds is 11. The molecule has 0 radical (unpaired) electrons. The molecule has 0 saturated carbocycles. The maximum atomic E-state index is 12.9. The molecule has 0 spiro atoms. The lowest BCUT2D eigenvalue weighted by Gasteiger charge is -2.07. The van der Waals surface area contributed by atoms with Gasteiger partial charge in [0, 0.05) is 17.7 Å². The Balaban J connectivity index is 0.000000213. The first-order valence-electron chi connectivity index (χ1n) is 21.7. The molecule has 6 aromatic carbocycles.